The molecule has 3 nitrogen and oxygen atoms in total. The summed E-state index contributed by atoms with van der Waals surface area (Å²) in [6, 6.07) is 45.6. The molecule has 0 N–H and O–H groups in total. The SMILES string of the molecule is C1=Cc2c(oc3cc(-c4ccc(-c5ccc(-n6c7ccccc7c7ccc8c9ccccc9oc8c76)cc5)cc4)ccc23)CC1. The Morgan fingerprint density at radius 2 is 1.18 bits per heavy atom. The average Bonchev–Trinajstić information content (AvgIpc) is 3.78. The van der Waals surface area contributed by atoms with Gasteiger partial charge in [-0.1, -0.05) is 97.1 Å². The number of para-hydroxylation sites is 2. The first kappa shape index (κ1) is 24.6. The van der Waals surface area contributed by atoms with Crippen LogP contribution in [0, 0.1) is 0 Å². The molecule has 45 heavy (non-hydrogen) atoms. The molecule has 3 heteroatoms. The van der Waals surface area contributed by atoms with E-state index >= 15 is 0 Å². The predicted molar refractivity (Wildman–Crippen MR) is 186 cm³/mol. The van der Waals surface area contributed by atoms with Gasteiger partial charge in [-0.15, -0.1) is 0 Å². The molecule has 0 radical (unpaired) electrons. The van der Waals surface area contributed by atoms with E-state index < -0.39 is 0 Å². The van der Waals surface area contributed by atoms with Crippen molar-refractivity contribution >= 4 is 60.8 Å². The molecule has 1 aliphatic carbocycles. The minimum atomic E-state index is 0.913. The minimum Gasteiger partial charge on any atom is -0.460 e. The minimum absolute atomic E-state index is 0.913. The third-order valence-corrected chi connectivity index (χ3v) is 9.48. The lowest BCUT2D eigenvalue weighted by atomic mass is 9.98. The Balaban J connectivity index is 1.04. The number of fused-ring (bicyclic) bond motifs is 10. The Hall–Kier alpha value is -5.80. The molecule has 0 spiro atoms. The fourth-order valence-electron chi connectivity index (χ4n) is 7.29. The lowest BCUT2D eigenvalue weighted by molar-refractivity contribution is 0.546. The summed E-state index contributed by atoms with van der Waals surface area (Å²) in [5, 5.41) is 5.90. The van der Waals surface area contributed by atoms with Crippen LogP contribution in [0.25, 0.3) is 88.7 Å². The monoisotopic (exact) mass is 577 g/mol. The van der Waals surface area contributed by atoms with Crippen LogP contribution in [0.5, 0.6) is 0 Å². The van der Waals surface area contributed by atoms with Crippen LogP contribution in [0.2, 0.25) is 0 Å². The van der Waals surface area contributed by atoms with Gasteiger partial charge in [0.2, 0.25) is 0 Å². The summed E-state index contributed by atoms with van der Waals surface area (Å²) in [7, 11) is 0. The Kier molecular flexibility index (Phi) is 5.11. The number of aryl methyl sites for hydroxylation is 1. The van der Waals surface area contributed by atoms with Crippen LogP contribution in [0.4, 0.5) is 0 Å². The molecule has 0 amide bonds. The van der Waals surface area contributed by atoms with Crippen LogP contribution in [0.3, 0.4) is 0 Å². The van der Waals surface area contributed by atoms with Crippen molar-refractivity contribution in [2.24, 2.45) is 0 Å². The Morgan fingerprint density at radius 3 is 2.02 bits per heavy atom. The van der Waals surface area contributed by atoms with E-state index in [0.717, 1.165) is 57.3 Å². The zero-order chi connectivity index (χ0) is 29.5. The van der Waals surface area contributed by atoms with E-state index in [1.807, 2.05) is 12.1 Å². The third-order valence-electron chi connectivity index (χ3n) is 9.48. The van der Waals surface area contributed by atoms with Crippen LogP contribution in [-0.2, 0) is 6.42 Å². The van der Waals surface area contributed by atoms with Gasteiger partial charge in [-0.3, -0.25) is 0 Å². The molecule has 9 aromatic rings. The van der Waals surface area contributed by atoms with Gasteiger partial charge < -0.3 is 13.4 Å². The molecule has 1 aliphatic rings. The van der Waals surface area contributed by atoms with E-state index in [1.165, 1.54) is 49.5 Å². The molecule has 6 aromatic carbocycles. The largest absolute Gasteiger partial charge is 0.460 e. The molecular weight excluding hydrogens is 550 g/mol. The van der Waals surface area contributed by atoms with Gasteiger partial charge in [0, 0.05) is 44.6 Å². The normalized spacial score (nSPS) is 13.1. The first-order chi connectivity index (χ1) is 22.3. The maximum atomic E-state index is 6.51. The molecule has 0 aliphatic heterocycles. The second-order valence-electron chi connectivity index (χ2n) is 12.0. The van der Waals surface area contributed by atoms with Crippen LogP contribution in [0.15, 0.2) is 142 Å². The number of allylic oxidation sites excluding steroid dienone is 1. The summed E-state index contributed by atoms with van der Waals surface area (Å²) >= 11 is 0. The summed E-state index contributed by atoms with van der Waals surface area (Å²) in [4.78, 5) is 0. The second kappa shape index (κ2) is 9.35. The van der Waals surface area contributed by atoms with E-state index in [4.69, 9.17) is 8.83 Å². The van der Waals surface area contributed by atoms with E-state index in [-0.39, 0.29) is 0 Å². The summed E-state index contributed by atoms with van der Waals surface area (Å²) in [6.45, 7) is 0. The first-order valence-electron chi connectivity index (χ1n) is 15.6. The van der Waals surface area contributed by atoms with Crippen molar-refractivity contribution in [3.8, 4) is 27.9 Å². The molecular formula is C42H27NO2. The van der Waals surface area contributed by atoms with Crippen molar-refractivity contribution in [3.05, 3.63) is 145 Å². The summed E-state index contributed by atoms with van der Waals surface area (Å²) < 4.78 is 15.1. The van der Waals surface area contributed by atoms with Gasteiger partial charge in [-0.2, -0.15) is 0 Å². The molecule has 3 aromatic heterocycles. The quantitative estimate of drug-likeness (QED) is 0.209. The lowest BCUT2D eigenvalue weighted by Gasteiger charge is -2.10. The maximum absolute atomic E-state index is 6.51. The van der Waals surface area contributed by atoms with Crippen molar-refractivity contribution in [2.45, 2.75) is 12.8 Å². The third kappa shape index (κ3) is 3.64. The number of aromatic nitrogens is 1. The number of benzene rings is 6. The van der Waals surface area contributed by atoms with Crippen LogP contribution in [0.1, 0.15) is 17.7 Å². The fraction of sp³-hybridized carbons (Fsp3) is 0.0476. The standard InChI is InChI=1S/C42H27NO2/c1-4-10-37-31(7-1)35-23-24-36-33-9-3-6-12-39(33)45-42(36)41(35)43(37)30-20-17-27(18-21-30)26-13-15-28(16-14-26)29-19-22-34-32-8-2-5-11-38(32)44-40(34)25-29/h1-4,6-10,12-25H,5,11H2. The number of hydrogen-bond acceptors (Lipinski definition) is 2. The smallest absolute Gasteiger partial charge is 0.160 e. The van der Waals surface area contributed by atoms with Gasteiger partial charge in [0.1, 0.15) is 16.9 Å². The van der Waals surface area contributed by atoms with Gasteiger partial charge in [-0.05, 0) is 71.1 Å². The Morgan fingerprint density at radius 1 is 0.511 bits per heavy atom. The van der Waals surface area contributed by atoms with E-state index in [2.05, 4.69) is 132 Å². The van der Waals surface area contributed by atoms with Gasteiger partial charge in [0.25, 0.3) is 0 Å². The number of rotatable bonds is 3. The summed E-state index contributed by atoms with van der Waals surface area (Å²) in [5.74, 6) is 1.10. The Labute approximate surface area is 259 Å². The molecule has 0 bridgehead atoms. The highest BCUT2D eigenvalue weighted by atomic mass is 16.3. The van der Waals surface area contributed by atoms with Crippen molar-refractivity contribution in [3.63, 3.8) is 0 Å². The van der Waals surface area contributed by atoms with E-state index in [1.54, 1.807) is 0 Å². The maximum Gasteiger partial charge on any atom is 0.160 e. The summed E-state index contributed by atoms with van der Waals surface area (Å²) in [6.07, 6.45) is 6.46. The molecule has 3 heterocycles. The van der Waals surface area contributed by atoms with Crippen molar-refractivity contribution in [2.75, 3.05) is 0 Å². The number of furan rings is 2. The van der Waals surface area contributed by atoms with Gasteiger partial charge in [0.05, 0.1) is 11.0 Å². The van der Waals surface area contributed by atoms with Crippen LogP contribution >= 0.6 is 0 Å². The molecule has 0 saturated heterocycles. The lowest BCUT2D eigenvalue weighted by Crippen LogP contribution is -1.94. The Bertz CT molecular complexity index is 2630. The molecule has 0 fully saturated rings. The zero-order valence-electron chi connectivity index (χ0n) is 24.5. The first-order valence-corrected chi connectivity index (χ1v) is 15.6. The van der Waals surface area contributed by atoms with Gasteiger partial charge >= 0.3 is 0 Å². The predicted octanol–water partition coefficient (Wildman–Crippen LogP) is 11.7. The second-order valence-corrected chi connectivity index (χ2v) is 12.0. The zero-order valence-corrected chi connectivity index (χ0v) is 24.5. The van der Waals surface area contributed by atoms with Crippen LogP contribution < -0.4 is 0 Å². The number of hydrogen-bond donors (Lipinski definition) is 0. The highest BCUT2D eigenvalue weighted by molar-refractivity contribution is 6.21. The van der Waals surface area contributed by atoms with Crippen molar-refractivity contribution in [1.82, 2.24) is 4.57 Å². The van der Waals surface area contributed by atoms with Crippen LogP contribution in [-0.4, -0.2) is 4.57 Å². The molecule has 0 unspecified atom stereocenters. The van der Waals surface area contributed by atoms with Gasteiger partial charge in [0.15, 0.2) is 5.58 Å². The van der Waals surface area contributed by atoms with E-state index in [0.29, 0.717) is 0 Å². The van der Waals surface area contributed by atoms with Crippen molar-refractivity contribution < 1.29 is 8.83 Å². The topological polar surface area (TPSA) is 31.2 Å². The average molecular weight is 578 g/mol. The highest BCUT2D eigenvalue weighted by Gasteiger charge is 2.19. The number of nitrogens with zero attached hydrogens (tertiary/aromatic N) is 1. The van der Waals surface area contributed by atoms with Crippen molar-refractivity contribution in [1.29, 1.82) is 0 Å². The highest BCUT2D eigenvalue weighted by Crippen LogP contribution is 2.40. The van der Waals surface area contributed by atoms with Gasteiger partial charge in [-0.25, -0.2) is 0 Å². The molecule has 212 valence electrons. The molecule has 0 saturated carbocycles. The molecule has 10 rings (SSSR count). The summed E-state index contributed by atoms with van der Waals surface area (Å²) in [5.41, 5.74) is 12.1. The van der Waals surface area contributed by atoms with E-state index in [9.17, 15) is 0 Å². The fourth-order valence-corrected chi connectivity index (χ4v) is 7.29. The molecule has 0 atom stereocenters.